The monoisotopic (exact) mass is 344 g/mol. The number of rotatable bonds is 2. The summed E-state index contributed by atoms with van der Waals surface area (Å²) in [5.74, 6) is -2.42. The number of hydrogen-bond donors (Lipinski definition) is 0. The van der Waals surface area contributed by atoms with Crippen molar-refractivity contribution in [2.45, 2.75) is 62.4 Å². The van der Waals surface area contributed by atoms with Gasteiger partial charge in [-0.2, -0.15) is 0 Å². The topological polar surface area (TPSA) is 69.8 Å². The molecule has 0 aromatic rings. The van der Waals surface area contributed by atoms with Gasteiger partial charge in [0, 0.05) is 17.6 Å². The number of ether oxygens (including phenoxy) is 5. The summed E-state index contributed by atoms with van der Waals surface area (Å²) in [5.41, 5.74) is 0.288. The third kappa shape index (κ3) is 1.66. The van der Waals surface area contributed by atoms with E-state index in [-0.39, 0.29) is 0 Å². The van der Waals surface area contributed by atoms with Gasteiger partial charge in [0.2, 0.25) is 11.6 Å². The lowest BCUT2D eigenvalue weighted by atomic mass is 9.81. The van der Waals surface area contributed by atoms with E-state index in [0.29, 0.717) is 17.6 Å². The molecule has 0 aromatic carbocycles. The molecule has 5 rings (SSSR count). The van der Waals surface area contributed by atoms with Crippen LogP contribution in [0.25, 0.3) is 0 Å². The molecule has 4 fully saturated rings. The molecular formula is C19H20O6. The van der Waals surface area contributed by atoms with Gasteiger partial charge in [-0.15, -0.1) is 0 Å². The molecule has 4 saturated heterocycles. The van der Waals surface area contributed by atoms with Crippen molar-refractivity contribution < 1.29 is 28.5 Å². The fourth-order valence-electron chi connectivity index (χ4n) is 4.27. The zero-order valence-corrected chi connectivity index (χ0v) is 14.5. The molecule has 25 heavy (non-hydrogen) atoms. The normalized spacial score (nSPS) is 54.7. The fraction of sp³-hybridized carbons (Fsp3) is 0.526. The van der Waals surface area contributed by atoms with E-state index in [1.54, 1.807) is 6.92 Å². The number of allylic oxidation sites excluding steroid dienone is 2. The first-order valence-corrected chi connectivity index (χ1v) is 8.37. The van der Waals surface area contributed by atoms with Crippen LogP contribution in [0.5, 0.6) is 0 Å². The Morgan fingerprint density at radius 1 is 1.32 bits per heavy atom. The van der Waals surface area contributed by atoms with Gasteiger partial charge in [-0.05, 0) is 38.5 Å². The summed E-state index contributed by atoms with van der Waals surface area (Å²) >= 11 is 0. The van der Waals surface area contributed by atoms with Gasteiger partial charge in [0.15, 0.2) is 11.9 Å². The highest BCUT2D eigenvalue weighted by molar-refractivity contribution is 5.87. The number of esters is 1. The molecule has 5 aliphatic heterocycles. The van der Waals surface area contributed by atoms with Crippen LogP contribution in [-0.2, 0) is 28.5 Å². The van der Waals surface area contributed by atoms with Crippen molar-refractivity contribution in [2.75, 3.05) is 0 Å². The predicted octanol–water partition coefficient (Wildman–Crippen LogP) is 2.27. The standard InChI is InChI=1S/C19H20O6/c1-10(2)14(20)21-13-9-16(5)17(24-16)7-6-11(3)8-18-19(13,25-18)12(4)15(22-17)23-18/h6-8,13,15H,1,4,9H2,2-3,5H3/b7-6-,11-8-/t13-,15?,16+,17?,18-,19+/m0/s1. The van der Waals surface area contributed by atoms with Gasteiger partial charge in [0.1, 0.15) is 11.7 Å². The molecule has 5 aliphatic rings. The average Bonchev–Trinajstić information content (AvgIpc) is 3.31. The number of hydrogen-bond acceptors (Lipinski definition) is 6. The van der Waals surface area contributed by atoms with Gasteiger partial charge in [-0.3, -0.25) is 0 Å². The molecular weight excluding hydrogens is 324 g/mol. The summed E-state index contributed by atoms with van der Waals surface area (Å²) in [7, 11) is 0. The van der Waals surface area contributed by atoms with Gasteiger partial charge in [-0.25, -0.2) is 4.79 Å². The van der Waals surface area contributed by atoms with Crippen LogP contribution in [0.1, 0.15) is 27.2 Å². The Balaban J connectivity index is 1.67. The van der Waals surface area contributed by atoms with Crippen molar-refractivity contribution >= 4 is 5.97 Å². The maximum Gasteiger partial charge on any atom is 0.333 e. The van der Waals surface area contributed by atoms with Crippen LogP contribution in [0.2, 0.25) is 0 Å². The fourth-order valence-corrected chi connectivity index (χ4v) is 4.27. The van der Waals surface area contributed by atoms with E-state index >= 15 is 0 Å². The molecule has 132 valence electrons. The third-order valence-corrected chi connectivity index (χ3v) is 5.80. The van der Waals surface area contributed by atoms with Crippen LogP contribution < -0.4 is 0 Å². The van der Waals surface area contributed by atoms with Crippen LogP contribution in [0.3, 0.4) is 0 Å². The minimum atomic E-state index is -1.03. The lowest BCUT2D eigenvalue weighted by molar-refractivity contribution is -0.207. The first-order chi connectivity index (χ1) is 11.7. The Labute approximate surface area is 145 Å². The Bertz CT molecular complexity index is 811. The molecule has 0 N–H and O–H groups in total. The van der Waals surface area contributed by atoms with E-state index in [9.17, 15) is 4.79 Å². The lowest BCUT2D eigenvalue weighted by Gasteiger charge is -2.30. The Morgan fingerprint density at radius 2 is 2.04 bits per heavy atom. The number of carbonyl (C=O) groups is 1. The molecule has 0 amide bonds. The highest BCUT2D eigenvalue weighted by Gasteiger charge is 2.87. The molecule has 6 nitrogen and oxygen atoms in total. The Kier molecular flexibility index (Phi) is 2.58. The zero-order valence-electron chi connectivity index (χ0n) is 14.5. The molecule has 6 heteroatoms. The van der Waals surface area contributed by atoms with Gasteiger partial charge in [-0.1, -0.05) is 19.2 Å². The third-order valence-electron chi connectivity index (χ3n) is 5.80. The van der Waals surface area contributed by atoms with E-state index in [0.717, 1.165) is 5.57 Å². The van der Waals surface area contributed by atoms with Crippen LogP contribution in [0.15, 0.2) is 48.1 Å². The molecule has 0 saturated carbocycles. The van der Waals surface area contributed by atoms with Crippen molar-refractivity contribution in [2.24, 2.45) is 0 Å². The Hall–Kier alpha value is -1.73. The summed E-state index contributed by atoms with van der Waals surface area (Å²) in [5, 5.41) is 0. The highest BCUT2D eigenvalue weighted by Crippen LogP contribution is 2.70. The SMILES string of the molecule is C=C(C)C(=O)O[C@H]1C[C@@]2(C)OC23/C=C\C(C)=C/[C@@]24OC(O3)C(=C)[C@@]12O4. The summed E-state index contributed by atoms with van der Waals surface area (Å²) in [6.45, 7) is 13.3. The molecule has 0 aliphatic carbocycles. The van der Waals surface area contributed by atoms with Gasteiger partial charge in [0.05, 0.1) is 0 Å². The lowest BCUT2D eigenvalue weighted by Crippen LogP contribution is -2.46. The van der Waals surface area contributed by atoms with E-state index in [1.165, 1.54) is 0 Å². The molecule has 0 aromatic heterocycles. The number of carbonyl (C=O) groups excluding carboxylic acids is 1. The summed E-state index contributed by atoms with van der Waals surface area (Å²) in [4.78, 5) is 12.2. The smallest absolute Gasteiger partial charge is 0.333 e. The van der Waals surface area contributed by atoms with E-state index in [1.807, 2.05) is 32.1 Å². The maximum absolute atomic E-state index is 12.2. The van der Waals surface area contributed by atoms with Crippen LogP contribution in [0, 0.1) is 0 Å². The molecule has 5 heterocycles. The number of epoxide rings is 2. The van der Waals surface area contributed by atoms with Gasteiger partial charge < -0.3 is 23.7 Å². The summed E-state index contributed by atoms with van der Waals surface area (Å²) < 4.78 is 30.1. The maximum atomic E-state index is 12.2. The second-order valence-electron chi connectivity index (χ2n) is 7.70. The summed E-state index contributed by atoms with van der Waals surface area (Å²) in [6.07, 6.45) is 4.83. The minimum Gasteiger partial charge on any atom is -0.455 e. The molecule has 3 spiro atoms. The van der Waals surface area contributed by atoms with E-state index in [4.69, 9.17) is 23.7 Å². The first kappa shape index (κ1) is 15.5. The van der Waals surface area contributed by atoms with Crippen LogP contribution in [-0.4, -0.2) is 41.1 Å². The molecule has 6 atom stereocenters. The second-order valence-corrected chi connectivity index (χ2v) is 7.70. The zero-order chi connectivity index (χ0) is 17.8. The van der Waals surface area contributed by atoms with E-state index in [2.05, 4.69) is 13.2 Å². The van der Waals surface area contributed by atoms with Gasteiger partial charge >= 0.3 is 5.97 Å². The second kappa shape index (κ2) is 4.15. The highest BCUT2D eigenvalue weighted by atomic mass is 16.9. The largest absolute Gasteiger partial charge is 0.455 e. The molecule has 0 radical (unpaired) electrons. The van der Waals surface area contributed by atoms with Crippen molar-refractivity contribution in [1.29, 1.82) is 0 Å². The predicted molar refractivity (Wildman–Crippen MR) is 86.1 cm³/mol. The van der Waals surface area contributed by atoms with Crippen molar-refractivity contribution in [3.05, 3.63) is 48.1 Å². The van der Waals surface area contributed by atoms with E-state index < -0.39 is 41.1 Å². The van der Waals surface area contributed by atoms with Crippen LogP contribution >= 0.6 is 0 Å². The van der Waals surface area contributed by atoms with Crippen LogP contribution in [0.4, 0.5) is 0 Å². The van der Waals surface area contributed by atoms with Gasteiger partial charge in [0.25, 0.3) is 0 Å². The van der Waals surface area contributed by atoms with Crippen molar-refractivity contribution in [3.63, 3.8) is 0 Å². The summed E-state index contributed by atoms with van der Waals surface area (Å²) in [6, 6.07) is 0. The first-order valence-electron chi connectivity index (χ1n) is 8.37. The Morgan fingerprint density at radius 3 is 2.76 bits per heavy atom. The van der Waals surface area contributed by atoms with Crippen molar-refractivity contribution in [1.82, 2.24) is 0 Å². The van der Waals surface area contributed by atoms with Crippen molar-refractivity contribution in [3.8, 4) is 0 Å². The molecule has 2 unspecified atom stereocenters. The molecule has 4 bridgehead atoms. The quantitative estimate of drug-likeness (QED) is 0.331. The average molecular weight is 344 g/mol. The minimum absolute atomic E-state index is 0.328.